The van der Waals surface area contributed by atoms with Gasteiger partial charge in [-0.05, 0) is 37.2 Å². The molecule has 0 aromatic carbocycles. The highest BCUT2D eigenvalue weighted by molar-refractivity contribution is 7.16. The van der Waals surface area contributed by atoms with Crippen molar-refractivity contribution in [3.05, 3.63) is 51.4 Å². The van der Waals surface area contributed by atoms with Crippen molar-refractivity contribution in [2.45, 2.75) is 32.0 Å². The van der Waals surface area contributed by atoms with E-state index >= 15 is 0 Å². The van der Waals surface area contributed by atoms with Gasteiger partial charge in [0.2, 0.25) is 0 Å². The van der Waals surface area contributed by atoms with Crippen LogP contribution in [0, 0.1) is 0 Å². The van der Waals surface area contributed by atoms with E-state index < -0.39 is 0 Å². The van der Waals surface area contributed by atoms with Crippen LogP contribution >= 0.6 is 22.9 Å². The number of hydrogen-bond donors (Lipinski definition) is 1. The number of hydrogen-bond acceptors (Lipinski definition) is 4. The highest BCUT2D eigenvalue weighted by atomic mass is 35.5. The number of nitrogens with zero attached hydrogens (tertiary/aromatic N) is 2. The second-order valence-electron chi connectivity index (χ2n) is 4.92. The van der Waals surface area contributed by atoms with Crippen molar-refractivity contribution in [1.29, 1.82) is 0 Å². The zero-order chi connectivity index (χ0) is 14.5. The van der Waals surface area contributed by atoms with Gasteiger partial charge in [0.05, 0.1) is 10.4 Å². The standard InChI is InChI=1S/C15H20ClN3S/c1-3-13(17)15(11-5-4-8-18-9-11)19(2)10-12-6-7-14(16)20-12/h4-9,13,15H,3,10,17H2,1-2H3. The predicted octanol–water partition coefficient (Wildman–Crippen LogP) is 3.71. The first-order valence-electron chi connectivity index (χ1n) is 6.71. The van der Waals surface area contributed by atoms with Crippen LogP contribution in [0.4, 0.5) is 0 Å². The molecule has 5 heteroatoms. The summed E-state index contributed by atoms with van der Waals surface area (Å²) in [5.74, 6) is 0. The summed E-state index contributed by atoms with van der Waals surface area (Å²) in [6.45, 7) is 2.95. The van der Waals surface area contributed by atoms with Crippen LogP contribution in [-0.4, -0.2) is 23.0 Å². The first-order chi connectivity index (χ1) is 9.61. The van der Waals surface area contributed by atoms with Crippen molar-refractivity contribution in [3.8, 4) is 0 Å². The molecular weight excluding hydrogens is 290 g/mol. The van der Waals surface area contributed by atoms with Gasteiger partial charge in [0, 0.05) is 29.9 Å². The summed E-state index contributed by atoms with van der Waals surface area (Å²) in [6.07, 6.45) is 4.62. The molecule has 2 aromatic heterocycles. The molecule has 2 atom stereocenters. The van der Waals surface area contributed by atoms with Crippen LogP contribution in [-0.2, 0) is 6.54 Å². The van der Waals surface area contributed by atoms with E-state index in [0.717, 1.165) is 22.9 Å². The Morgan fingerprint density at radius 2 is 2.20 bits per heavy atom. The molecule has 3 nitrogen and oxygen atoms in total. The maximum absolute atomic E-state index is 6.32. The van der Waals surface area contributed by atoms with Gasteiger partial charge < -0.3 is 5.73 Å². The third-order valence-corrected chi connectivity index (χ3v) is 4.63. The molecule has 0 aliphatic carbocycles. The zero-order valence-electron chi connectivity index (χ0n) is 11.8. The van der Waals surface area contributed by atoms with E-state index in [0.29, 0.717) is 0 Å². The quantitative estimate of drug-likeness (QED) is 0.884. The Morgan fingerprint density at radius 3 is 2.75 bits per heavy atom. The van der Waals surface area contributed by atoms with Gasteiger partial charge in [-0.1, -0.05) is 24.6 Å². The van der Waals surface area contributed by atoms with Gasteiger partial charge in [-0.15, -0.1) is 11.3 Å². The monoisotopic (exact) mass is 309 g/mol. The first-order valence-corrected chi connectivity index (χ1v) is 7.91. The lowest BCUT2D eigenvalue weighted by Crippen LogP contribution is -2.38. The Balaban J connectivity index is 2.18. The third-order valence-electron chi connectivity index (χ3n) is 3.41. The average molecular weight is 310 g/mol. The summed E-state index contributed by atoms with van der Waals surface area (Å²) in [7, 11) is 2.10. The van der Waals surface area contributed by atoms with Crippen molar-refractivity contribution in [3.63, 3.8) is 0 Å². The van der Waals surface area contributed by atoms with Crippen LogP contribution < -0.4 is 5.73 Å². The van der Waals surface area contributed by atoms with Crippen LogP contribution in [0.3, 0.4) is 0 Å². The van der Waals surface area contributed by atoms with Crippen LogP contribution in [0.5, 0.6) is 0 Å². The Morgan fingerprint density at radius 1 is 1.40 bits per heavy atom. The Hall–Kier alpha value is -0.940. The van der Waals surface area contributed by atoms with Gasteiger partial charge in [-0.25, -0.2) is 0 Å². The molecule has 2 rings (SSSR count). The molecule has 0 fully saturated rings. The van der Waals surface area contributed by atoms with E-state index in [-0.39, 0.29) is 12.1 Å². The van der Waals surface area contributed by atoms with Crippen molar-refractivity contribution >= 4 is 22.9 Å². The Kier molecular flexibility index (Phi) is 5.54. The fourth-order valence-corrected chi connectivity index (χ4v) is 3.53. The summed E-state index contributed by atoms with van der Waals surface area (Å²) in [5.41, 5.74) is 7.48. The third kappa shape index (κ3) is 3.79. The van der Waals surface area contributed by atoms with Crippen LogP contribution in [0.25, 0.3) is 0 Å². The number of pyridine rings is 1. The molecule has 0 aliphatic rings. The normalized spacial score (nSPS) is 14.4. The number of halogens is 1. The van der Waals surface area contributed by atoms with Crippen LogP contribution in [0.2, 0.25) is 4.34 Å². The fraction of sp³-hybridized carbons (Fsp3) is 0.400. The number of likely N-dealkylation sites (N-methyl/N-ethyl adjacent to an activating group) is 1. The van der Waals surface area contributed by atoms with Crippen molar-refractivity contribution in [2.75, 3.05) is 7.05 Å². The van der Waals surface area contributed by atoms with Gasteiger partial charge in [0.15, 0.2) is 0 Å². The molecule has 0 amide bonds. The van der Waals surface area contributed by atoms with E-state index in [9.17, 15) is 0 Å². The second-order valence-corrected chi connectivity index (χ2v) is 6.72. The van der Waals surface area contributed by atoms with E-state index in [1.807, 2.05) is 18.3 Å². The molecule has 2 unspecified atom stereocenters. The van der Waals surface area contributed by atoms with Crippen molar-refractivity contribution < 1.29 is 0 Å². The molecule has 0 bridgehead atoms. The first kappa shape index (κ1) is 15.4. The summed E-state index contributed by atoms with van der Waals surface area (Å²) in [4.78, 5) is 7.73. The molecule has 20 heavy (non-hydrogen) atoms. The van der Waals surface area contributed by atoms with Crippen molar-refractivity contribution in [1.82, 2.24) is 9.88 Å². The molecule has 2 N–H and O–H groups in total. The lowest BCUT2D eigenvalue weighted by molar-refractivity contribution is 0.203. The van der Waals surface area contributed by atoms with Crippen LogP contribution in [0.15, 0.2) is 36.7 Å². The SMILES string of the molecule is CCC(N)C(c1cccnc1)N(C)Cc1ccc(Cl)s1. The van der Waals surface area contributed by atoms with Gasteiger partial charge >= 0.3 is 0 Å². The molecule has 0 aliphatic heterocycles. The molecule has 0 spiro atoms. The number of rotatable bonds is 6. The van der Waals surface area contributed by atoms with Gasteiger partial charge in [-0.3, -0.25) is 9.88 Å². The molecule has 0 radical (unpaired) electrons. The highest BCUT2D eigenvalue weighted by Crippen LogP contribution is 2.28. The van der Waals surface area contributed by atoms with E-state index in [2.05, 4.69) is 36.0 Å². The van der Waals surface area contributed by atoms with E-state index in [1.54, 1.807) is 17.5 Å². The minimum Gasteiger partial charge on any atom is -0.326 e. The summed E-state index contributed by atoms with van der Waals surface area (Å²) < 4.78 is 0.825. The van der Waals surface area contributed by atoms with Crippen molar-refractivity contribution in [2.24, 2.45) is 5.73 Å². The number of nitrogens with two attached hydrogens (primary N) is 1. The predicted molar refractivity (Wildman–Crippen MR) is 86.0 cm³/mol. The maximum atomic E-state index is 6.32. The lowest BCUT2D eigenvalue weighted by Gasteiger charge is -2.32. The van der Waals surface area contributed by atoms with Gasteiger partial charge in [-0.2, -0.15) is 0 Å². The molecule has 2 heterocycles. The lowest BCUT2D eigenvalue weighted by atomic mass is 9.98. The minimum absolute atomic E-state index is 0.0830. The smallest absolute Gasteiger partial charge is 0.0931 e. The molecule has 0 saturated heterocycles. The maximum Gasteiger partial charge on any atom is 0.0931 e. The van der Waals surface area contributed by atoms with E-state index in [4.69, 9.17) is 17.3 Å². The second kappa shape index (κ2) is 7.18. The zero-order valence-corrected chi connectivity index (χ0v) is 13.4. The number of thiophene rings is 1. The average Bonchev–Trinajstić information content (AvgIpc) is 2.85. The van der Waals surface area contributed by atoms with Gasteiger partial charge in [0.25, 0.3) is 0 Å². The van der Waals surface area contributed by atoms with E-state index in [1.165, 1.54) is 4.88 Å². The minimum atomic E-state index is 0.0830. The number of aromatic nitrogens is 1. The summed E-state index contributed by atoms with van der Waals surface area (Å²) in [5, 5.41) is 0. The largest absolute Gasteiger partial charge is 0.326 e. The Bertz CT molecular complexity index is 529. The molecule has 2 aromatic rings. The molecule has 108 valence electrons. The molecular formula is C15H20ClN3S. The highest BCUT2D eigenvalue weighted by Gasteiger charge is 2.23. The fourth-order valence-electron chi connectivity index (χ4n) is 2.38. The summed E-state index contributed by atoms with van der Waals surface area (Å²) in [6, 6.07) is 8.30. The van der Waals surface area contributed by atoms with Gasteiger partial charge in [0.1, 0.15) is 0 Å². The van der Waals surface area contributed by atoms with Crippen LogP contribution in [0.1, 0.15) is 29.8 Å². The Labute approximate surface area is 129 Å². The molecule has 0 saturated carbocycles. The summed E-state index contributed by atoms with van der Waals surface area (Å²) >= 11 is 7.61. The topological polar surface area (TPSA) is 42.1 Å².